The summed E-state index contributed by atoms with van der Waals surface area (Å²) in [5.74, 6) is -0.211. The Kier molecular flexibility index (Phi) is 14.8. The van der Waals surface area contributed by atoms with Crippen molar-refractivity contribution in [2.24, 2.45) is 5.92 Å². The second-order valence-corrected chi connectivity index (χ2v) is 14.9. The molecule has 4 atom stereocenters. The predicted octanol–water partition coefficient (Wildman–Crippen LogP) is 4.91. The molecule has 4 aromatic rings. The Morgan fingerprint density at radius 3 is 2.30 bits per heavy atom. The van der Waals surface area contributed by atoms with Gasteiger partial charge in [0.25, 0.3) is 0 Å². The molecule has 0 saturated carbocycles. The van der Waals surface area contributed by atoms with Crippen molar-refractivity contribution in [3.8, 4) is 0 Å². The van der Waals surface area contributed by atoms with Crippen LogP contribution in [0.15, 0.2) is 83.1 Å². The molecular formula is C39H51N7O6S. The number of urea groups is 1. The number of likely N-dealkylation sites (tertiary alicyclic amines) is 1. The highest BCUT2D eigenvalue weighted by atomic mass is 32.1. The molecule has 13 nitrogen and oxygen atoms in total. The highest BCUT2D eigenvalue weighted by molar-refractivity contribution is 7.09. The van der Waals surface area contributed by atoms with Crippen molar-refractivity contribution >= 4 is 29.4 Å². The first-order valence-electron chi connectivity index (χ1n) is 18.2. The first-order chi connectivity index (χ1) is 25.6. The van der Waals surface area contributed by atoms with Gasteiger partial charge in [0, 0.05) is 18.5 Å². The van der Waals surface area contributed by atoms with Gasteiger partial charge in [0.05, 0.1) is 37.1 Å². The molecule has 0 spiro atoms. The summed E-state index contributed by atoms with van der Waals surface area (Å²) in [4.78, 5) is 52.7. The number of ether oxygens (including phenoxy) is 1. The van der Waals surface area contributed by atoms with Gasteiger partial charge in [-0.05, 0) is 62.2 Å². The number of aliphatic hydroxyl groups excluding tert-OH is 1. The Morgan fingerprint density at radius 1 is 0.981 bits per heavy atom. The Morgan fingerprint density at radius 2 is 1.66 bits per heavy atom. The number of carbonyl (C=O) groups is 3. The van der Waals surface area contributed by atoms with E-state index in [1.807, 2.05) is 79.9 Å². The molecule has 0 bridgehead atoms. The van der Waals surface area contributed by atoms with Gasteiger partial charge in [-0.3, -0.25) is 9.69 Å². The zero-order chi connectivity index (χ0) is 37.6. The van der Waals surface area contributed by atoms with E-state index in [0.717, 1.165) is 41.5 Å². The lowest BCUT2D eigenvalue weighted by atomic mass is 9.93. The van der Waals surface area contributed by atoms with E-state index >= 15 is 0 Å². The summed E-state index contributed by atoms with van der Waals surface area (Å²) in [7, 11) is 1.69. The van der Waals surface area contributed by atoms with Gasteiger partial charge in [0.2, 0.25) is 5.91 Å². The molecule has 2 aromatic heterocycles. The molecule has 14 heteroatoms. The third kappa shape index (κ3) is 12.7. The number of carbonyl (C=O) groups excluding carboxylic acids is 3. The zero-order valence-electron chi connectivity index (χ0n) is 30.6. The molecule has 1 aliphatic heterocycles. The van der Waals surface area contributed by atoms with Crippen molar-refractivity contribution in [2.45, 2.75) is 89.9 Å². The van der Waals surface area contributed by atoms with E-state index in [9.17, 15) is 19.5 Å². The summed E-state index contributed by atoms with van der Waals surface area (Å²) in [6.45, 7) is 6.95. The number of aromatic nitrogens is 2. The van der Waals surface area contributed by atoms with Gasteiger partial charge in [0.15, 0.2) is 18.8 Å². The molecular weight excluding hydrogens is 695 g/mol. The van der Waals surface area contributed by atoms with E-state index in [-0.39, 0.29) is 30.9 Å². The van der Waals surface area contributed by atoms with Crippen LogP contribution >= 0.6 is 11.3 Å². The molecule has 0 aliphatic carbocycles. The Labute approximate surface area is 315 Å². The molecule has 1 saturated heterocycles. The number of amides is 4. The number of hydrogen-bond acceptors (Lipinski definition) is 10. The number of nitrogens with one attached hydrogen (secondary N) is 3. The maximum absolute atomic E-state index is 13.9. The van der Waals surface area contributed by atoms with Crippen molar-refractivity contribution in [1.82, 2.24) is 35.7 Å². The minimum atomic E-state index is -1.08. The first kappa shape index (κ1) is 39.4. The maximum atomic E-state index is 13.9. The molecule has 284 valence electrons. The highest BCUT2D eigenvalue weighted by Gasteiger charge is 2.31. The van der Waals surface area contributed by atoms with Gasteiger partial charge in [-0.15, -0.1) is 11.3 Å². The maximum Gasteiger partial charge on any atom is 0.407 e. The van der Waals surface area contributed by atoms with Crippen LogP contribution in [-0.2, 0) is 42.1 Å². The number of hydrogen-bond donors (Lipinski definition) is 4. The SMILES string of the molecule is CC(C)[C@H](NC(=O)N(C)Cc1csc(CN2CCCC2)n1)C(=O)N[C@@H](Cc1ccccc1)C[C@H](O)[C@H](Cc1ccccc1)NC(=O)OCc1cnco1. The molecule has 1 fully saturated rings. The van der Waals surface area contributed by atoms with Crippen molar-refractivity contribution in [3.05, 3.63) is 106 Å². The van der Waals surface area contributed by atoms with E-state index in [1.165, 1.54) is 30.3 Å². The van der Waals surface area contributed by atoms with E-state index in [2.05, 4.69) is 25.8 Å². The molecule has 53 heavy (non-hydrogen) atoms. The average molecular weight is 746 g/mol. The van der Waals surface area contributed by atoms with E-state index < -0.39 is 30.3 Å². The topological polar surface area (TPSA) is 162 Å². The summed E-state index contributed by atoms with van der Waals surface area (Å²) in [5.41, 5.74) is 2.67. The second kappa shape index (κ2) is 19.9. The Bertz CT molecular complexity index is 1700. The summed E-state index contributed by atoms with van der Waals surface area (Å²) in [6.07, 6.45) is 4.19. The van der Waals surface area contributed by atoms with Crippen LogP contribution in [0.5, 0.6) is 0 Å². The van der Waals surface area contributed by atoms with Crippen LogP contribution in [0.1, 0.15) is 60.7 Å². The van der Waals surface area contributed by atoms with Crippen molar-refractivity contribution in [3.63, 3.8) is 0 Å². The lowest BCUT2D eigenvalue weighted by Crippen LogP contribution is -2.55. The van der Waals surface area contributed by atoms with E-state index in [4.69, 9.17) is 14.1 Å². The number of oxazole rings is 1. The minimum Gasteiger partial charge on any atom is -0.445 e. The molecule has 4 amide bonds. The van der Waals surface area contributed by atoms with Crippen LogP contribution in [0, 0.1) is 5.92 Å². The first-order valence-corrected chi connectivity index (χ1v) is 19.0. The van der Waals surface area contributed by atoms with Crippen LogP contribution in [-0.4, -0.2) is 87.3 Å². The van der Waals surface area contributed by atoms with Crippen LogP contribution in [0.3, 0.4) is 0 Å². The van der Waals surface area contributed by atoms with Gasteiger partial charge in [-0.1, -0.05) is 74.5 Å². The second-order valence-electron chi connectivity index (χ2n) is 13.9. The molecule has 5 rings (SSSR count). The number of benzene rings is 2. The molecule has 0 unspecified atom stereocenters. The van der Waals surface area contributed by atoms with Gasteiger partial charge in [0.1, 0.15) is 11.0 Å². The fraction of sp³-hybridized carbons (Fsp3) is 0.462. The number of thiazole rings is 1. The quantitative estimate of drug-likeness (QED) is 0.111. The minimum absolute atomic E-state index is 0.114. The number of nitrogens with zero attached hydrogens (tertiary/aromatic N) is 4. The highest BCUT2D eigenvalue weighted by Crippen LogP contribution is 2.18. The van der Waals surface area contributed by atoms with Gasteiger partial charge in [-0.25, -0.2) is 19.6 Å². The number of rotatable bonds is 18. The standard InChI is InChI=1S/C39H51N7O6S/c1-27(2)36(44-38(49)45(3)22-31-25-53-35(41-31)23-46-16-10-11-17-46)37(48)42-30(18-28-12-6-4-7-13-28)20-34(47)33(19-29-14-8-5-9-15-29)43-39(50)51-24-32-21-40-26-52-32/h4-9,12-15,21,25-27,30,33-34,36,47H,10-11,16-20,22-24H2,1-3H3,(H,42,48)(H,43,50)(H,44,49)/t30-,33-,34-,36-/m0/s1. The normalized spacial score (nSPS) is 15.3. The number of aliphatic hydroxyl groups is 1. The lowest BCUT2D eigenvalue weighted by molar-refractivity contribution is -0.124. The average Bonchev–Trinajstić information content (AvgIpc) is 3.95. The summed E-state index contributed by atoms with van der Waals surface area (Å²) in [5, 5.41) is 23.6. The third-order valence-corrected chi connectivity index (χ3v) is 10.1. The van der Waals surface area contributed by atoms with Gasteiger partial charge < -0.3 is 35.1 Å². The molecule has 3 heterocycles. The lowest BCUT2D eigenvalue weighted by Gasteiger charge is -2.30. The molecule has 0 radical (unpaired) electrons. The van der Waals surface area contributed by atoms with Crippen LogP contribution in [0.4, 0.5) is 9.59 Å². The van der Waals surface area contributed by atoms with Gasteiger partial charge in [-0.2, -0.15) is 0 Å². The van der Waals surface area contributed by atoms with Crippen LogP contribution < -0.4 is 16.0 Å². The Balaban J connectivity index is 1.24. The molecule has 1 aliphatic rings. The largest absolute Gasteiger partial charge is 0.445 e. The van der Waals surface area contributed by atoms with Crippen molar-refractivity contribution in [2.75, 3.05) is 20.1 Å². The fourth-order valence-electron chi connectivity index (χ4n) is 6.35. The van der Waals surface area contributed by atoms with Gasteiger partial charge >= 0.3 is 12.1 Å². The third-order valence-electron chi connectivity index (χ3n) is 9.22. The Hall–Kier alpha value is -4.79. The molecule has 4 N–H and O–H groups in total. The van der Waals surface area contributed by atoms with Crippen molar-refractivity contribution < 1.29 is 28.6 Å². The smallest absolute Gasteiger partial charge is 0.407 e. The van der Waals surface area contributed by atoms with Crippen molar-refractivity contribution in [1.29, 1.82) is 0 Å². The summed E-state index contributed by atoms with van der Waals surface area (Å²) < 4.78 is 10.5. The fourth-order valence-corrected chi connectivity index (χ4v) is 7.18. The van der Waals surface area contributed by atoms with Crippen LogP contribution in [0.2, 0.25) is 0 Å². The zero-order valence-corrected chi connectivity index (χ0v) is 31.5. The predicted molar refractivity (Wildman–Crippen MR) is 202 cm³/mol. The van der Waals surface area contributed by atoms with Crippen LogP contribution in [0.25, 0.3) is 0 Å². The summed E-state index contributed by atoms with van der Waals surface area (Å²) in [6, 6.07) is 16.7. The molecule has 2 aromatic carbocycles. The van der Waals surface area contributed by atoms with E-state index in [1.54, 1.807) is 18.4 Å². The van der Waals surface area contributed by atoms with E-state index in [0.29, 0.717) is 25.1 Å². The monoisotopic (exact) mass is 745 g/mol. The number of alkyl carbamates (subject to hydrolysis) is 1. The summed E-state index contributed by atoms with van der Waals surface area (Å²) >= 11 is 1.60.